The van der Waals surface area contributed by atoms with Crippen LogP contribution >= 0.6 is 11.6 Å². The Morgan fingerprint density at radius 2 is 2.20 bits per heavy atom. The van der Waals surface area contributed by atoms with E-state index in [4.69, 9.17) is 11.6 Å². The molecule has 0 amide bonds. The first-order valence-electron chi connectivity index (χ1n) is 7.47. The van der Waals surface area contributed by atoms with Crippen molar-refractivity contribution < 1.29 is 4.39 Å². The Labute approximate surface area is 126 Å². The van der Waals surface area contributed by atoms with Gasteiger partial charge in [-0.2, -0.15) is 0 Å². The smallest absolute Gasteiger partial charge is 0.123 e. The number of nitrogens with one attached hydrogen (secondary N) is 1. The Morgan fingerprint density at radius 3 is 2.95 bits per heavy atom. The molecule has 0 aromatic heterocycles. The van der Waals surface area contributed by atoms with Gasteiger partial charge in [-0.15, -0.1) is 0 Å². The lowest BCUT2D eigenvalue weighted by Crippen LogP contribution is -2.46. The lowest BCUT2D eigenvalue weighted by atomic mass is 10.0. The van der Waals surface area contributed by atoms with Crippen LogP contribution in [0.15, 0.2) is 18.2 Å². The summed E-state index contributed by atoms with van der Waals surface area (Å²) in [6, 6.07) is 5.64. The predicted molar refractivity (Wildman–Crippen MR) is 82.6 cm³/mol. The van der Waals surface area contributed by atoms with Gasteiger partial charge in [0.05, 0.1) is 0 Å². The maximum Gasteiger partial charge on any atom is 0.123 e. The van der Waals surface area contributed by atoms with E-state index in [9.17, 15) is 4.39 Å². The van der Waals surface area contributed by atoms with Gasteiger partial charge in [-0.25, -0.2) is 4.39 Å². The van der Waals surface area contributed by atoms with Crippen molar-refractivity contribution >= 4 is 11.6 Å². The topological polar surface area (TPSA) is 15.3 Å². The van der Waals surface area contributed by atoms with Gasteiger partial charge in [0, 0.05) is 30.2 Å². The average molecular weight is 299 g/mol. The van der Waals surface area contributed by atoms with Crippen LogP contribution in [0.5, 0.6) is 0 Å². The van der Waals surface area contributed by atoms with Crippen molar-refractivity contribution in [1.29, 1.82) is 0 Å². The summed E-state index contributed by atoms with van der Waals surface area (Å²) in [6.07, 6.45) is 3.69. The minimum atomic E-state index is -0.210. The Bertz CT molecular complexity index is 436. The number of hydrogen-bond donors (Lipinski definition) is 1. The van der Waals surface area contributed by atoms with E-state index in [0.29, 0.717) is 17.1 Å². The first-order valence-corrected chi connectivity index (χ1v) is 7.85. The molecular formula is C16H24ClFN2. The van der Waals surface area contributed by atoms with Gasteiger partial charge >= 0.3 is 0 Å². The van der Waals surface area contributed by atoms with Crippen molar-refractivity contribution in [2.45, 2.75) is 51.7 Å². The molecule has 2 nitrogen and oxygen atoms in total. The molecule has 0 bridgehead atoms. The highest BCUT2D eigenvalue weighted by atomic mass is 35.5. The molecule has 1 aliphatic heterocycles. The van der Waals surface area contributed by atoms with Crippen LogP contribution in [0.2, 0.25) is 5.02 Å². The second kappa shape index (κ2) is 7.39. The summed E-state index contributed by atoms with van der Waals surface area (Å²) in [5.41, 5.74) is 0.892. The molecule has 0 radical (unpaired) electrons. The van der Waals surface area contributed by atoms with Gasteiger partial charge in [0.2, 0.25) is 0 Å². The molecule has 1 unspecified atom stereocenters. The van der Waals surface area contributed by atoms with Crippen LogP contribution in [0.4, 0.5) is 4.39 Å². The van der Waals surface area contributed by atoms with E-state index < -0.39 is 0 Å². The molecule has 1 aromatic carbocycles. The number of nitrogens with zero attached hydrogens (tertiary/aromatic N) is 1. The molecule has 0 saturated carbocycles. The Kier molecular flexibility index (Phi) is 5.82. The van der Waals surface area contributed by atoms with Crippen molar-refractivity contribution in [2.24, 2.45) is 0 Å². The van der Waals surface area contributed by atoms with E-state index in [0.717, 1.165) is 25.2 Å². The Morgan fingerprint density at radius 1 is 1.40 bits per heavy atom. The maximum atomic E-state index is 13.4. The summed E-state index contributed by atoms with van der Waals surface area (Å²) in [7, 11) is 0. The van der Waals surface area contributed by atoms with E-state index in [-0.39, 0.29) is 5.82 Å². The van der Waals surface area contributed by atoms with Gasteiger partial charge < -0.3 is 5.32 Å². The van der Waals surface area contributed by atoms with Gasteiger partial charge in [0.1, 0.15) is 5.82 Å². The third kappa shape index (κ3) is 4.44. The monoisotopic (exact) mass is 298 g/mol. The van der Waals surface area contributed by atoms with Gasteiger partial charge in [-0.05, 0) is 43.1 Å². The summed E-state index contributed by atoms with van der Waals surface area (Å²) in [5.74, 6) is -0.210. The third-order valence-corrected chi connectivity index (χ3v) is 4.26. The highest BCUT2D eigenvalue weighted by molar-refractivity contribution is 6.31. The van der Waals surface area contributed by atoms with E-state index in [2.05, 4.69) is 24.1 Å². The van der Waals surface area contributed by atoms with Gasteiger partial charge in [0.25, 0.3) is 0 Å². The SMILES string of the molecule is CC(C)NCC1CCCCN1Cc1cc(F)ccc1Cl. The second-order valence-corrected chi connectivity index (χ2v) is 6.33. The number of piperidine rings is 1. The van der Waals surface area contributed by atoms with Gasteiger partial charge in [0.15, 0.2) is 0 Å². The van der Waals surface area contributed by atoms with Crippen LogP contribution in [-0.4, -0.2) is 30.1 Å². The van der Waals surface area contributed by atoms with Crippen LogP contribution in [-0.2, 0) is 6.54 Å². The Hall–Kier alpha value is -0.640. The minimum absolute atomic E-state index is 0.210. The van der Waals surface area contributed by atoms with Crippen molar-refractivity contribution in [3.8, 4) is 0 Å². The van der Waals surface area contributed by atoms with Crippen molar-refractivity contribution in [2.75, 3.05) is 13.1 Å². The fourth-order valence-electron chi connectivity index (χ4n) is 2.75. The van der Waals surface area contributed by atoms with Crippen LogP contribution in [0.3, 0.4) is 0 Å². The molecule has 1 aliphatic rings. The number of likely N-dealkylation sites (tertiary alicyclic amines) is 1. The lowest BCUT2D eigenvalue weighted by molar-refractivity contribution is 0.135. The summed E-state index contributed by atoms with van der Waals surface area (Å²) >= 11 is 6.18. The van der Waals surface area contributed by atoms with Gasteiger partial charge in [-0.3, -0.25) is 4.90 Å². The molecule has 2 rings (SSSR count). The third-order valence-electron chi connectivity index (χ3n) is 3.89. The summed E-state index contributed by atoms with van der Waals surface area (Å²) in [5, 5.41) is 4.17. The zero-order valence-corrected chi connectivity index (χ0v) is 13.1. The largest absolute Gasteiger partial charge is 0.313 e. The van der Waals surface area contributed by atoms with Crippen LogP contribution in [0.25, 0.3) is 0 Å². The zero-order valence-electron chi connectivity index (χ0n) is 12.3. The molecule has 1 fully saturated rings. The quantitative estimate of drug-likeness (QED) is 0.889. The molecule has 20 heavy (non-hydrogen) atoms. The first kappa shape index (κ1) is 15.7. The van der Waals surface area contributed by atoms with Crippen molar-refractivity contribution in [3.63, 3.8) is 0 Å². The maximum absolute atomic E-state index is 13.4. The zero-order chi connectivity index (χ0) is 14.5. The van der Waals surface area contributed by atoms with Gasteiger partial charge in [-0.1, -0.05) is 31.9 Å². The summed E-state index contributed by atoms with van der Waals surface area (Å²) in [4.78, 5) is 2.43. The molecular weight excluding hydrogens is 275 g/mol. The van der Waals surface area contributed by atoms with E-state index in [1.807, 2.05) is 0 Å². The highest BCUT2D eigenvalue weighted by Crippen LogP contribution is 2.23. The molecule has 0 spiro atoms. The highest BCUT2D eigenvalue weighted by Gasteiger charge is 2.23. The second-order valence-electron chi connectivity index (χ2n) is 5.92. The Balaban J connectivity index is 2.02. The van der Waals surface area contributed by atoms with Crippen molar-refractivity contribution in [3.05, 3.63) is 34.6 Å². The minimum Gasteiger partial charge on any atom is -0.313 e. The molecule has 1 aromatic rings. The molecule has 4 heteroatoms. The average Bonchev–Trinajstić information content (AvgIpc) is 2.42. The van der Waals surface area contributed by atoms with Crippen LogP contribution in [0, 0.1) is 5.82 Å². The van der Waals surface area contributed by atoms with Crippen LogP contribution in [0.1, 0.15) is 38.7 Å². The van der Waals surface area contributed by atoms with E-state index >= 15 is 0 Å². The number of benzene rings is 1. The first-order chi connectivity index (χ1) is 9.56. The van der Waals surface area contributed by atoms with E-state index in [1.54, 1.807) is 12.1 Å². The van der Waals surface area contributed by atoms with Crippen LogP contribution < -0.4 is 5.32 Å². The molecule has 1 heterocycles. The molecule has 1 atom stereocenters. The number of hydrogen-bond acceptors (Lipinski definition) is 2. The fourth-order valence-corrected chi connectivity index (χ4v) is 2.93. The van der Waals surface area contributed by atoms with E-state index in [1.165, 1.54) is 25.3 Å². The molecule has 112 valence electrons. The normalized spacial score (nSPS) is 20.6. The molecule has 0 aliphatic carbocycles. The predicted octanol–water partition coefficient (Wildman–Crippen LogP) is 3.83. The molecule has 1 saturated heterocycles. The standard InChI is InChI=1S/C16H24ClFN2/c1-12(2)19-10-15-5-3-4-8-20(15)11-13-9-14(18)6-7-16(13)17/h6-7,9,12,15,19H,3-5,8,10-11H2,1-2H3. The number of rotatable bonds is 5. The van der Waals surface area contributed by atoms with Crippen molar-refractivity contribution in [1.82, 2.24) is 10.2 Å². The summed E-state index contributed by atoms with van der Waals surface area (Å²) in [6.45, 7) is 7.12. The fraction of sp³-hybridized carbons (Fsp3) is 0.625. The number of halogens is 2. The molecule has 1 N–H and O–H groups in total. The lowest BCUT2D eigenvalue weighted by Gasteiger charge is -2.36. The summed E-state index contributed by atoms with van der Waals surface area (Å²) < 4.78 is 13.4.